The summed E-state index contributed by atoms with van der Waals surface area (Å²) in [5.41, 5.74) is 1.10. The maximum absolute atomic E-state index is 7.57. The first-order chi connectivity index (χ1) is 10.6. The molecule has 1 aliphatic rings. The largest absolute Gasteiger partial charge is 0.459 e. The van der Waals surface area contributed by atoms with E-state index in [4.69, 9.17) is 5.11 Å². The van der Waals surface area contributed by atoms with Gasteiger partial charge in [0.2, 0.25) is 0 Å². The average Bonchev–Trinajstić information content (AvgIpc) is 3.04. The summed E-state index contributed by atoms with van der Waals surface area (Å²) in [5, 5.41) is 22.5. The Hall–Kier alpha value is -1.10. The summed E-state index contributed by atoms with van der Waals surface area (Å²) in [6.45, 7) is 6.04. The fourth-order valence-corrected chi connectivity index (χ4v) is 3.19. The second kappa shape index (κ2) is 9.26. The van der Waals surface area contributed by atoms with Crippen LogP contribution in [0.3, 0.4) is 0 Å². The maximum Gasteiger partial charge on any atom is 0.185 e. The van der Waals surface area contributed by atoms with Gasteiger partial charge >= 0.3 is 0 Å². The molecule has 0 amide bonds. The second-order valence-corrected chi connectivity index (χ2v) is 5.62. The predicted octanol–water partition coefficient (Wildman–Crippen LogP) is 1.62. The van der Waals surface area contributed by atoms with Crippen LogP contribution >= 0.6 is 0 Å². The number of nitrogens with zero attached hydrogens (tertiary/aromatic N) is 4. The zero-order chi connectivity index (χ0) is 16.0. The number of nitrogens with one attached hydrogen (secondary N) is 1. The summed E-state index contributed by atoms with van der Waals surface area (Å²) < 4.78 is 0. The number of aromatic nitrogens is 4. The Morgan fingerprint density at radius 2 is 2.04 bits per heavy atom. The number of rotatable bonds is 2. The molecule has 1 aromatic carbocycles. The number of aliphatic hydroxyl groups excluding tert-OH is 1. The number of hydrogen-bond acceptors (Lipinski definition) is 5. The standard InChI is InChI=1S/C14H18N5.C2H6O.W/c1-11-10-19(2)9-8-14(11,13-15-17-18-16-13)12-6-4-3-5-7-12;1-2-3;/h3-7,11H,2,8-10H2,1H3,(H,15,16,17,18);3H,2H2,1H3;/q-1;;. The molecule has 2 unspecified atom stereocenters. The Morgan fingerprint density at radius 3 is 2.57 bits per heavy atom. The van der Waals surface area contributed by atoms with E-state index in [1.54, 1.807) is 6.92 Å². The number of H-pyrrole nitrogens is 1. The average molecular weight is 486 g/mol. The third kappa shape index (κ3) is 4.25. The predicted molar refractivity (Wildman–Crippen MR) is 84.9 cm³/mol. The topological polar surface area (TPSA) is 77.9 Å². The van der Waals surface area contributed by atoms with Crippen molar-refractivity contribution in [3.8, 4) is 0 Å². The summed E-state index contributed by atoms with van der Waals surface area (Å²) in [6.07, 6.45) is 0.960. The van der Waals surface area contributed by atoms with Crippen molar-refractivity contribution in [2.75, 3.05) is 19.7 Å². The minimum absolute atomic E-state index is 0. The molecular formula is C16H24N5OW-. The van der Waals surface area contributed by atoms with Crippen molar-refractivity contribution >= 4 is 0 Å². The quantitative estimate of drug-likeness (QED) is 0.632. The summed E-state index contributed by atoms with van der Waals surface area (Å²) >= 11 is 0. The van der Waals surface area contributed by atoms with Crippen molar-refractivity contribution in [1.29, 1.82) is 0 Å². The zero-order valence-electron chi connectivity index (χ0n) is 13.6. The van der Waals surface area contributed by atoms with Crippen LogP contribution in [0.15, 0.2) is 30.3 Å². The van der Waals surface area contributed by atoms with E-state index in [0.717, 1.165) is 25.3 Å². The smallest absolute Gasteiger partial charge is 0.185 e. The Kier molecular flexibility index (Phi) is 8.03. The van der Waals surface area contributed by atoms with E-state index in [1.165, 1.54) is 5.56 Å². The van der Waals surface area contributed by atoms with Crippen LogP contribution < -0.4 is 0 Å². The summed E-state index contributed by atoms with van der Waals surface area (Å²) in [6, 6.07) is 10.5. The Balaban J connectivity index is 0.000000615. The maximum atomic E-state index is 7.57. The van der Waals surface area contributed by atoms with Crippen LogP contribution in [0.4, 0.5) is 0 Å². The Labute approximate surface area is 151 Å². The van der Waals surface area contributed by atoms with E-state index >= 15 is 0 Å². The van der Waals surface area contributed by atoms with Gasteiger partial charge in [-0.2, -0.15) is 5.21 Å². The number of likely N-dealkylation sites (tertiary alicyclic amines) is 1. The molecule has 2 N–H and O–H groups in total. The van der Waals surface area contributed by atoms with Crippen molar-refractivity contribution in [3.63, 3.8) is 0 Å². The number of hydrogen-bond donors (Lipinski definition) is 2. The molecule has 126 valence electrons. The summed E-state index contributed by atoms with van der Waals surface area (Å²) in [7, 11) is 4.06. The van der Waals surface area contributed by atoms with Crippen LogP contribution in [0.2, 0.25) is 0 Å². The molecule has 0 radical (unpaired) electrons. The molecule has 2 heterocycles. The first-order valence-electron chi connectivity index (χ1n) is 7.60. The third-order valence-electron chi connectivity index (χ3n) is 4.23. The fourth-order valence-electron chi connectivity index (χ4n) is 3.19. The normalized spacial score (nSPS) is 24.3. The van der Waals surface area contributed by atoms with Crippen LogP contribution in [0.1, 0.15) is 31.7 Å². The van der Waals surface area contributed by atoms with E-state index in [-0.39, 0.29) is 33.1 Å². The molecule has 0 bridgehead atoms. The molecule has 1 saturated heterocycles. The molecule has 3 rings (SSSR count). The van der Waals surface area contributed by atoms with Gasteiger partial charge in [-0.3, -0.25) is 7.05 Å². The molecule has 7 heteroatoms. The molecule has 1 fully saturated rings. The first-order valence-corrected chi connectivity index (χ1v) is 7.60. The SMILES string of the molecule is CCO.[CH2-]N1CCC(c2ccccc2)(c2nn[nH]n2)C(C)C1.[W]. The van der Waals surface area contributed by atoms with Crippen LogP contribution in [0, 0.1) is 13.0 Å². The van der Waals surface area contributed by atoms with Crippen molar-refractivity contribution in [2.24, 2.45) is 5.92 Å². The van der Waals surface area contributed by atoms with Crippen LogP contribution in [-0.2, 0) is 26.5 Å². The van der Waals surface area contributed by atoms with Gasteiger partial charge < -0.3 is 10.0 Å². The second-order valence-electron chi connectivity index (χ2n) is 5.62. The number of benzene rings is 1. The van der Waals surface area contributed by atoms with Gasteiger partial charge in [-0.15, -0.1) is 10.2 Å². The van der Waals surface area contributed by atoms with Crippen molar-refractivity contribution in [3.05, 3.63) is 48.8 Å². The zero-order valence-corrected chi connectivity index (χ0v) is 16.6. The Morgan fingerprint density at radius 1 is 1.39 bits per heavy atom. The number of piperidine rings is 1. The number of aromatic amines is 1. The van der Waals surface area contributed by atoms with Crippen LogP contribution in [0.5, 0.6) is 0 Å². The van der Waals surface area contributed by atoms with Crippen molar-refractivity contribution in [2.45, 2.75) is 25.7 Å². The van der Waals surface area contributed by atoms with Gasteiger partial charge in [0.1, 0.15) is 0 Å². The summed E-state index contributed by atoms with van der Waals surface area (Å²) in [4.78, 5) is 2.12. The van der Waals surface area contributed by atoms with Gasteiger partial charge in [0.05, 0.1) is 5.41 Å². The van der Waals surface area contributed by atoms with Crippen molar-refractivity contribution in [1.82, 2.24) is 25.5 Å². The third-order valence-corrected chi connectivity index (χ3v) is 4.23. The molecule has 1 aromatic heterocycles. The van der Waals surface area contributed by atoms with Crippen molar-refractivity contribution < 1.29 is 26.2 Å². The van der Waals surface area contributed by atoms with E-state index in [2.05, 4.69) is 63.8 Å². The molecule has 2 aromatic rings. The molecule has 0 aliphatic carbocycles. The Bertz CT molecular complexity index is 551. The number of tetrazole rings is 1. The van der Waals surface area contributed by atoms with E-state index in [9.17, 15) is 0 Å². The number of aliphatic hydroxyl groups is 1. The van der Waals surface area contributed by atoms with Gasteiger partial charge in [-0.1, -0.05) is 42.5 Å². The monoisotopic (exact) mass is 486 g/mol. The van der Waals surface area contributed by atoms with Gasteiger partial charge in [0.25, 0.3) is 0 Å². The van der Waals surface area contributed by atoms with E-state index in [0.29, 0.717) is 5.92 Å². The molecule has 0 saturated carbocycles. The fraction of sp³-hybridized carbons (Fsp3) is 0.500. The molecule has 6 nitrogen and oxygen atoms in total. The summed E-state index contributed by atoms with van der Waals surface area (Å²) in [5.74, 6) is 1.18. The molecule has 0 spiro atoms. The molecular weight excluding hydrogens is 462 g/mol. The molecule has 23 heavy (non-hydrogen) atoms. The minimum atomic E-state index is -0.164. The minimum Gasteiger partial charge on any atom is -0.459 e. The van der Waals surface area contributed by atoms with Crippen LogP contribution in [-0.4, -0.2) is 50.3 Å². The van der Waals surface area contributed by atoms with E-state index < -0.39 is 0 Å². The van der Waals surface area contributed by atoms with E-state index in [1.807, 2.05) is 6.07 Å². The van der Waals surface area contributed by atoms with Gasteiger partial charge in [-0.05, 0) is 37.9 Å². The van der Waals surface area contributed by atoms with Gasteiger partial charge in [0, 0.05) is 27.7 Å². The van der Waals surface area contributed by atoms with Gasteiger partial charge in [0.15, 0.2) is 5.82 Å². The molecule has 1 aliphatic heterocycles. The van der Waals surface area contributed by atoms with Crippen LogP contribution in [0.25, 0.3) is 0 Å². The van der Waals surface area contributed by atoms with Gasteiger partial charge in [-0.25, -0.2) is 0 Å². The first kappa shape index (κ1) is 19.9. The molecule has 2 atom stereocenters.